The Hall–Kier alpha value is -1.69. The van der Waals surface area contributed by atoms with Crippen molar-refractivity contribution < 1.29 is 9.59 Å². The minimum Gasteiger partial charge on any atom is -0.296 e. The maximum absolute atomic E-state index is 11.8. The van der Waals surface area contributed by atoms with Crippen molar-refractivity contribution in [3.8, 4) is 0 Å². The number of carbonyl (C=O) groups is 2. The Morgan fingerprint density at radius 3 is 3.00 bits per heavy atom. The van der Waals surface area contributed by atoms with Crippen LogP contribution in [-0.4, -0.2) is 21.2 Å². The van der Waals surface area contributed by atoms with E-state index in [1.807, 2.05) is 16.5 Å². The number of aromatic nitrogens is 2. The van der Waals surface area contributed by atoms with E-state index >= 15 is 0 Å². The number of piperidine rings is 1. The number of nitrogens with zero attached hydrogens (tertiary/aromatic N) is 2. The van der Waals surface area contributed by atoms with Gasteiger partial charge in [0.2, 0.25) is 11.8 Å². The van der Waals surface area contributed by atoms with E-state index in [-0.39, 0.29) is 17.7 Å². The molecule has 0 aliphatic carbocycles. The van der Waals surface area contributed by atoms with Crippen LogP contribution in [0.25, 0.3) is 5.52 Å². The minimum atomic E-state index is -0.265. The first kappa shape index (κ1) is 11.4. The van der Waals surface area contributed by atoms with Gasteiger partial charge in [0.15, 0.2) is 0 Å². The van der Waals surface area contributed by atoms with E-state index in [9.17, 15) is 9.59 Å². The summed E-state index contributed by atoms with van der Waals surface area (Å²) in [5.74, 6) is -0.679. The van der Waals surface area contributed by atoms with Crippen molar-refractivity contribution in [3.63, 3.8) is 0 Å². The molecule has 1 saturated heterocycles. The maximum Gasteiger partial charge on any atom is 0.234 e. The number of imide groups is 1. The third-order valence-electron chi connectivity index (χ3n) is 3.14. The van der Waals surface area contributed by atoms with Crippen LogP contribution < -0.4 is 5.32 Å². The Bertz CT molecular complexity index is 650. The van der Waals surface area contributed by atoms with Gasteiger partial charge in [0.1, 0.15) is 6.33 Å². The van der Waals surface area contributed by atoms with Crippen LogP contribution in [0.15, 0.2) is 29.3 Å². The maximum atomic E-state index is 11.8. The fourth-order valence-electron chi connectivity index (χ4n) is 2.22. The second-order valence-corrected chi connectivity index (χ2v) is 5.12. The van der Waals surface area contributed by atoms with Crippen LogP contribution in [0.1, 0.15) is 24.3 Å². The monoisotopic (exact) mass is 307 g/mol. The first-order valence-corrected chi connectivity index (χ1v) is 6.39. The molecule has 3 heterocycles. The molecule has 0 bridgehead atoms. The Balaban J connectivity index is 2.03. The molecule has 1 aliphatic heterocycles. The quantitative estimate of drug-likeness (QED) is 0.643. The van der Waals surface area contributed by atoms with Gasteiger partial charge in [0, 0.05) is 6.42 Å². The highest BCUT2D eigenvalue weighted by Crippen LogP contribution is 2.28. The van der Waals surface area contributed by atoms with Gasteiger partial charge in [-0.15, -0.1) is 0 Å². The Kier molecular flexibility index (Phi) is 2.66. The molecule has 0 aromatic carbocycles. The van der Waals surface area contributed by atoms with Crippen molar-refractivity contribution in [3.05, 3.63) is 34.8 Å². The smallest absolute Gasteiger partial charge is 0.234 e. The molecule has 0 radical (unpaired) electrons. The first-order chi connectivity index (χ1) is 8.65. The molecule has 1 unspecified atom stereocenters. The first-order valence-electron chi connectivity index (χ1n) is 5.60. The molecule has 1 N–H and O–H groups in total. The van der Waals surface area contributed by atoms with Crippen molar-refractivity contribution in [2.24, 2.45) is 0 Å². The van der Waals surface area contributed by atoms with Crippen LogP contribution in [-0.2, 0) is 9.59 Å². The van der Waals surface area contributed by atoms with Gasteiger partial charge < -0.3 is 0 Å². The SMILES string of the molecule is O=C1CCC(c2cc(Br)n3cncc3c2)C(=O)N1. The molecule has 3 rings (SSSR count). The van der Waals surface area contributed by atoms with Gasteiger partial charge in [-0.3, -0.25) is 19.3 Å². The molecule has 1 fully saturated rings. The fourth-order valence-corrected chi connectivity index (χ4v) is 2.78. The largest absolute Gasteiger partial charge is 0.296 e. The van der Waals surface area contributed by atoms with Crippen LogP contribution in [0.4, 0.5) is 0 Å². The summed E-state index contributed by atoms with van der Waals surface area (Å²) in [7, 11) is 0. The van der Waals surface area contributed by atoms with E-state index in [0.717, 1.165) is 15.7 Å². The number of hydrogen-bond acceptors (Lipinski definition) is 3. The third kappa shape index (κ3) is 1.82. The molecule has 92 valence electrons. The molecule has 18 heavy (non-hydrogen) atoms. The van der Waals surface area contributed by atoms with E-state index in [1.165, 1.54) is 0 Å². The average molecular weight is 308 g/mol. The lowest BCUT2D eigenvalue weighted by atomic mass is 9.91. The van der Waals surface area contributed by atoms with Crippen LogP contribution in [0, 0.1) is 0 Å². The third-order valence-corrected chi connectivity index (χ3v) is 3.75. The normalized spacial score (nSPS) is 20.2. The highest BCUT2D eigenvalue weighted by molar-refractivity contribution is 9.10. The Morgan fingerprint density at radius 2 is 2.22 bits per heavy atom. The lowest BCUT2D eigenvalue weighted by Crippen LogP contribution is -2.39. The number of nitrogens with one attached hydrogen (secondary N) is 1. The molecule has 0 saturated carbocycles. The van der Waals surface area contributed by atoms with Crippen molar-refractivity contribution in [2.75, 3.05) is 0 Å². The highest BCUT2D eigenvalue weighted by atomic mass is 79.9. The topological polar surface area (TPSA) is 63.5 Å². The van der Waals surface area contributed by atoms with E-state index in [2.05, 4.69) is 26.2 Å². The van der Waals surface area contributed by atoms with Crippen LogP contribution in [0.3, 0.4) is 0 Å². The molecular weight excluding hydrogens is 298 g/mol. The summed E-state index contributed by atoms with van der Waals surface area (Å²) in [4.78, 5) is 27.0. The number of halogens is 1. The summed E-state index contributed by atoms with van der Waals surface area (Å²) in [5.41, 5.74) is 1.82. The van der Waals surface area contributed by atoms with Crippen LogP contribution in [0.5, 0.6) is 0 Å². The standard InChI is InChI=1S/C12H10BrN3O2/c13-10-4-7(3-8-5-14-6-16(8)10)9-1-2-11(17)15-12(9)18/h3-6,9H,1-2H2,(H,15,17,18). The summed E-state index contributed by atoms with van der Waals surface area (Å²) in [6.07, 6.45) is 4.38. The van der Waals surface area contributed by atoms with Crippen molar-refractivity contribution >= 4 is 33.3 Å². The molecule has 1 aliphatic rings. The number of carbonyl (C=O) groups excluding carboxylic acids is 2. The van der Waals surface area contributed by atoms with Gasteiger partial charge in [-0.05, 0) is 40.0 Å². The Morgan fingerprint density at radius 1 is 1.39 bits per heavy atom. The van der Waals surface area contributed by atoms with Crippen molar-refractivity contribution in [1.82, 2.24) is 14.7 Å². The van der Waals surface area contributed by atoms with Crippen molar-refractivity contribution in [1.29, 1.82) is 0 Å². The zero-order valence-corrected chi connectivity index (χ0v) is 11.0. The molecule has 2 aromatic heterocycles. The summed E-state index contributed by atoms with van der Waals surface area (Å²) in [6, 6.07) is 3.83. The molecule has 5 nitrogen and oxygen atoms in total. The van der Waals surface area contributed by atoms with Crippen LogP contribution in [0.2, 0.25) is 0 Å². The number of imidazole rings is 1. The molecule has 6 heteroatoms. The van der Waals surface area contributed by atoms with E-state index in [4.69, 9.17) is 0 Å². The van der Waals surface area contributed by atoms with Gasteiger partial charge >= 0.3 is 0 Å². The number of rotatable bonds is 1. The zero-order valence-electron chi connectivity index (χ0n) is 9.39. The highest BCUT2D eigenvalue weighted by Gasteiger charge is 2.28. The average Bonchev–Trinajstić information content (AvgIpc) is 2.77. The summed E-state index contributed by atoms with van der Waals surface area (Å²) < 4.78 is 2.73. The molecule has 1 atom stereocenters. The molecule has 2 amide bonds. The van der Waals surface area contributed by atoms with E-state index < -0.39 is 0 Å². The number of pyridine rings is 1. The van der Waals surface area contributed by atoms with Gasteiger partial charge in [0.05, 0.1) is 22.2 Å². The second-order valence-electron chi connectivity index (χ2n) is 4.30. The van der Waals surface area contributed by atoms with Crippen LogP contribution >= 0.6 is 15.9 Å². The summed E-state index contributed by atoms with van der Waals surface area (Å²) >= 11 is 3.45. The fraction of sp³-hybridized carbons (Fsp3) is 0.250. The Labute approximate surface area is 111 Å². The lowest BCUT2D eigenvalue weighted by molar-refractivity contribution is -0.134. The lowest BCUT2D eigenvalue weighted by Gasteiger charge is -2.21. The van der Waals surface area contributed by atoms with Gasteiger partial charge in [0.25, 0.3) is 0 Å². The number of amides is 2. The summed E-state index contributed by atoms with van der Waals surface area (Å²) in [6.45, 7) is 0. The van der Waals surface area contributed by atoms with Gasteiger partial charge in [-0.2, -0.15) is 0 Å². The molecular formula is C12H10BrN3O2. The van der Waals surface area contributed by atoms with Gasteiger partial charge in [-0.25, -0.2) is 4.98 Å². The molecule has 0 spiro atoms. The van der Waals surface area contributed by atoms with Gasteiger partial charge in [-0.1, -0.05) is 0 Å². The summed E-state index contributed by atoms with van der Waals surface area (Å²) in [5, 5.41) is 2.37. The predicted octanol–water partition coefficient (Wildman–Crippen LogP) is 1.62. The van der Waals surface area contributed by atoms with E-state index in [1.54, 1.807) is 12.5 Å². The van der Waals surface area contributed by atoms with Crippen molar-refractivity contribution in [2.45, 2.75) is 18.8 Å². The number of hydrogen-bond donors (Lipinski definition) is 1. The molecule has 2 aromatic rings. The second kappa shape index (κ2) is 4.20. The predicted molar refractivity (Wildman–Crippen MR) is 68.0 cm³/mol. The zero-order chi connectivity index (χ0) is 12.7. The minimum absolute atomic E-state index is 0.194. The number of fused-ring (bicyclic) bond motifs is 1. The van der Waals surface area contributed by atoms with E-state index in [0.29, 0.717) is 12.8 Å².